The molecular formula is C31H26FN7O. The molecule has 0 fully saturated rings. The van der Waals surface area contributed by atoms with Crippen LogP contribution >= 0.6 is 0 Å². The number of fused-ring (bicyclic) bond motifs is 1. The SMILES string of the molecule is CNC(=O)c1cnc(N(Cc2ccccc2)Cc2ccccc2)c2[nH]c(-c3cccc(-n4nccn4)c3F)cc12. The van der Waals surface area contributed by atoms with Gasteiger partial charge in [-0.1, -0.05) is 66.7 Å². The highest BCUT2D eigenvalue weighted by molar-refractivity contribution is 6.09. The summed E-state index contributed by atoms with van der Waals surface area (Å²) in [7, 11) is 1.58. The molecule has 0 aliphatic heterocycles. The zero-order valence-corrected chi connectivity index (χ0v) is 21.8. The van der Waals surface area contributed by atoms with Gasteiger partial charge in [0.05, 0.1) is 23.5 Å². The fourth-order valence-electron chi connectivity index (χ4n) is 4.84. The predicted molar refractivity (Wildman–Crippen MR) is 153 cm³/mol. The summed E-state index contributed by atoms with van der Waals surface area (Å²) in [5, 5.41) is 11.5. The molecule has 9 heteroatoms. The average molecular weight is 532 g/mol. The second-order valence-electron chi connectivity index (χ2n) is 9.33. The van der Waals surface area contributed by atoms with Gasteiger partial charge in [-0.2, -0.15) is 10.2 Å². The number of carbonyl (C=O) groups is 1. The molecule has 6 aromatic rings. The normalized spacial score (nSPS) is 11.1. The fraction of sp³-hybridized carbons (Fsp3) is 0.0968. The van der Waals surface area contributed by atoms with Gasteiger partial charge in [0.1, 0.15) is 5.69 Å². The summed E-state index contributed by atoms with van der Waals surface area (Å²) in [4.78, 5) is 24.4. The van der Waals surface area contributed by atoms with Crippen LogP contribution in [0.1, 0.15) is 21.5 Å². The maximum atomic E-state index is 15.8. The third kappa shape index (κ3) is 4.80. The standard InChI is InChI=1S/C31H26FN7O/c1-33-31(40)25-18-34-30(38(19-21-9-4-2-5-10-21)20-22-11-6-3-7-12-22)29-24(25)17-26(37-29)23-13-8-14-27(28(23)32)39-35-15-16-36-39/h2-18,37H,19-20H2,1H3,(H,33,40). The van der Waals surface area contributed by atoms with Crippen LogP contribution in [-0.4, -0.2) is 37.9 Å². The van der Waals surface area contributed by atoms with Gasteiger partial charge in [0, 0.05) is 43.0 Å². The summed E-state index contributed by atoms with van der Waals surface area (Å²) >= 11 is 0. The number of pyridine rings is 1. The minimum Gasteiger partial charge on any atom is -0.355 e. The lowest BCUT2D eigenvalue weighted by Gasteiger charge is -2.25. The molecule has 0 saturated heterocycles. The van der Waals surface area contributed by atoms with E-state index in [0.717, 1.165) is 11.1 Å². The number of nitrogens with one attached hydrogen (secondary N) is 2. The number of amides is 1. The molecule has 0 aliphatic rings. The van der Waals surface area contributed by atoms with E-state index in [0.29, 0.717) is 46.6 Å². The third-order valence-corrected chi connectivity index (χ3v) is 6.75. The number of aromatic nitrogens is 5. The number of rotatable bonds is 8. The summed E-state index contributed by atoms with van der Waals surface area (Å²) < 4.78 is 15.8. The monoisotopic (exact) mass is 531 g/mol. The van der Waals surface area contributed by atoms with Crippen LogP contribution in [0.4, 0.5) is 10.2 Å². The predicted octanol–water partition coefficient (Wildman–Crippen LogP) is 5.52. The van der Waals surface area contributed by atoms with Gasteiger partial charge in [-0.15, -0.1) is 4.80 Å². The van der Waals surface area contributed by atoms with E-state index >= 15 is 4.39 Å². The van der Waals surface area contributed by atoms with Crippen molar-refractivity contribution in [1.82, 2.24) is 30.3 Å². The Kier molecular flexibility index (Phi) is 6.76. The average Bonchev–Trinajstić information content (AvgIpc) is 3.68. The van der Waals surface area contributed by atoms with Crippen LogP contribution in [0.25, 0.3) is 27.8 Å². The molecule has 198 valence electrons. The van der Waals surface area contributed by atoms with Crippen molar-refractivity contribution in [3.05, 3.63) is 126 Å². The molecule has 3 heterocycles. The van der Waals surface area contributed by atoms with Crippen LogP contribution in [0, 0.1) is 5.82 Å². The van der Waals surface area contributed by atoms with Crippen molar-refractivity contribution in [2.75, 3.05) is 11.9 Å². The number of benzene rings is 3. The number of halogens is 1. The van der Waals surface area contributed by atoms with Crippen LogP contribution in [0.2, 0.25) is 0 Å². The van der Waals surface area contributed by atoms with Crippen molar-refractivity contribution in [1.29, 1.82) is 0 Å². The molecule has 40 heavy (non-hydrogen) atoms. The molecule has 0 radical (unpaired) electrons. The van der Waals surface area contributed by atoms with E-state index in [1.165, 1.54) is 17.2 Å². The highest BCUT2D eigenvalue weighted by Crippen LogP contribution is 2.35. The van der Waals surface area contributed by atoms with Crippen LogP contribution < -0.4 is 10.2 Å². The van der Waals surface area contributed by atoms with Crippen molar-refractivity contribution in [3.8, 4) is 16.9 Å². The third-order valence-electron chi connectivity index (χ3n) is 6.75. The molecule has 3 aromatic carbocycles. The van der Waals surface area contributed by atoms with E-state index in [1.807, 2.05) is 36.4 Å². The first-order valence-corrected chi connectivity index (χ1v) is 12.8. The Morgan fingerprint density at radius 2 is 1.57 bits per heavy atom. The number of hydrogen-bond acceptors (Lipinski definition) is 5. The Balaban J connectivity index is 1.52. The number of nitrogens with zero attached hydrogens (tertiary/aromatic N) is 5. The Morgan fingerprint density at radius 3 is 2.20 bits per heavy atom. The van der Waals surface area contributed by atoms with E-state index in [4.69, 9.17) is 4.98 Å². The van der Waals surface area contributed by atoms with E-state index in [1.54, 1.807) is 37.5 Å². The van der Waals surface area contributed by atoms with E-state index in [-0.39, 0.29) is 11.6 Å². The summed E-state index contributed by atoms with van der Waals surface area (Å²) in [6.07, 6.45) is 4.57. The molecule has 0 spiro atoms. The minimum atomic E-state index is -0.480. The molecule has 0 bridgehead atoms. The van der Waals surface area contributed by atoms with E-state index < -0.39 is 5.82 Å². The first-order chi connectivity index (χ1) is 19.6. The zero-order valence-electron chi connectivity index (χ0n) is 21.8. The van der Waals surface area contributed by atoms with Gasteiger partial charge in [-0.25, -0.2) is 9.37 Å². The largest absolute Gasteiger partial charge is 0.355 e. The van der Waals surface area contributed by atoms with Gasteiger partial charge >= 0.3 is 0 Å². The summed E-state index contributed by atoms with van der Waals surface area (Å²) in [5.41, 5.74) is 4.33. The van der Waals surface area contributed by atoms with Gasteiger partial charge in [-0.05, 0) is 29.3 Å². The smallest absolute Gasteiger partial charge is 0.253 e. The van der Waals surface area contributed by atoms with Crippen LogP contribution in [0.5, 0.6) is 0 Å². The molecule has 2 N–H and O–H groups in total. The van der Waals surface area contributed by atoms with E-state index in [2.05, 4.69) is 49.7 Å². The molecule has 1 amide bonds. The van der Waals surface area contributed by atoms with Crippen molar-refractivity contribution in [2.45, 2.75) is 13.1 Å². The molecule has 6 rings (SSSR count). The minimum absolute atomic E-state index is 0.223. The quantitative estimate of drug-likeness (QED) is 0.270. The van der Waals surface area contributed by atoms with Crippen molar-refractivity contribution in [3.63, 3.8) is 0 Å². The summed E-state index contributed by atoms with van der Waals surface area (Å²) in [6.45, 7) is 1.17. The second kappa shape index (κ2) is 10.8. The molecular weight excluding hydrogens is 505 g/mol. The maximum Gasteiger partial charge on any atom is 0.253 e. The molecule has 0 atom stereocenters. The Morgan fingerprint density at radius 1 is 0.925 bits per heavy atom. The second-order valence-corrected chi connectivity index (χ2v) is 9.33. The van der Waals surface area contributed by atoms with Gasteiger partial charge < -0.3 is 15.2 Å². The number of carbonyl (C=O) groups excluding carboxylic acids is 1. The van der Waals surface area contributed by atoms with Crippen molar-refractivity contribution >= 4 is 22.6 Å². The molecule has 0 saturated carbocycles. The zero-order chi connectivity index (χ0) is 27.5. The number of aromatic amines is 1. The van der Waals surface area contributed by atoms with Gasteiger partial charge in [0.25, 0.3) is 5.91 Å². The Labute approximate surface area is 230 Å². The lowest BCUT2D eigenvalue weighted by atomic mass is 10.1. The Bertz CT molecular complexity index is 1730. The van der Waals surface area contributed by atoms with Crippen molar-refractivity contribution < 1.29 is 9.18 Å². The first-order valence-electron chi connectivity index (χ1n) is 12.8. The van der Waals surface area contributed by atoms with Gasteiger partial charge in [-0.3, -0.25) is 4.79 Å². The summed E-state index contributed by atoms with van der Waals surface area (Å²) in [6, 6.07) is 27.1. The van der Waals surface area contributed by atoms with Crippen LogP contribution in [-0.2, 0) is 13.1 Å². The molecule has 0 unspecified atom stereocenters. The molecule has 0 aliphatic carbocycles. The number of hydrogen-bond donors (Lipinski definition) is 2. The fourth-order valence-corrected chi connectivity index (χ4v) is 4.84. The topological polar surface area (TPSA) is 91.7 Å². The van der Waals surface area contributed by atoms with Crippen LogP contribution in [0.15, 0.2) is 104 Å². The van der Waals surface area contributed by atoms with E-state index in [9.17, 15) is 4.79 Å². The lowest BCUT2D eigenvalue weighted by Crippen LogP contribution is -2.24. The first kappa shape index (κ1) is 25.0. The Hall–Kier alpha value is -5.31. The van der Waals surface area contributed by atoms with Crippen LogP contribution in [0.3, 0.4) is 0 Å². The summed E-state index contributed by atoms with van der Waals surface area (Å²) in [5.74, 6) is -0.0965. The number of H-pyrrole nitrogens is 1. The van der Waals surface area contributed by atoms with Gasteiger partial charge in [0.15, 0.2) is 11.6 Å². The lowest BCUT2D eigenvalue weighted by molar-refractivity contribution is 0.0964. The van der Waals surface area contributed by atoms with Gasteiger partial charge in [0.2, 0.25) is 0 Å². The molecule has 8 nitrogen and oxygen atoms in total. The number of anilines is 1. The molecule has 3 aromatic heterocycles. The highest BCUT2D eigenvalue weighted by atomic mass is 19.1. The maximum absolute atomic E-state index is 15.8. The highest BCUT2D eigenvalue weighted by Gasteiger charge is 2.22. The van der Waals surface area contributed by atoms with Crippen molar-refractivity contribution in [2.24, 2.45) is 0 Å².